The van der Waals surface area contributed by atoms with Gasteiger partial charge in [-0.05, 0) is 79.4 Å². The maximum Gasteiger partial charge on any atom is 0.319 e. The number of anilines is 2. The van der Waals surface area contributed by atoms with Gasteiger partial charge in [-0.25, -0.2) is 4.79 Å². The molecule has 0 unspecified atom stereocenters. The molecule has 5 aromatic rings. The molecule has 0 atom stereocenters. The number of carbonyl (C=O) groups is 2. The van der Waals surface area contributed by atoms with E-state index in [-0.39, 0.29) is 18.0 Å². The molecule has 4 N–H and O–H groups in total. The zero-order valence-electron chi connectivity index (χ0n) is 28.7. The molecule has 50 heavy (non-hydrogen) atoms. The number of aromatic nitrogens is 1. The number of unbranched alkanes of at least 4 members (excludes halogenated alkanes) is 2. The molecule has 0 saturated carbocycles. The van der Waals surface area contributed by atoms with Crippen LogP contribution in [0.2, 0.25) is 0 Å². The maximum absolute atomic E-state index is 13.3. The predicted molar refractivity (Wildman–Crippen MR) is 198 cm³/mol. The molecule has 1 aliphatic rings. The van der Waals surface area contributed by atoms with Crippen LogP contribution in [0, 0.1) is 0 Å². The van der Waals surface area contributed by atoms with E-state index in [1.165, 1.54) is 10.9 Å². The number of fused-ring (bicyclic) bond motifs is 1. The van der Waals surface area contributed by atoms with Crippen molar-refractivity contribution < 1.29 is 24.2 Å². The molecule has 0 radical (unpaired) electrons. The number of urea groups is 1. The van der Waals surface area contributed by atoms with Gasteiger partial charge >= 0.3 is 6.03 Å². The molecule has 260 valence electrons. The molecule has 1 fully saturated rings. The second kappa shape index (κ2) is 16.4. The molecular weight excluding hydrogens is 630 g/mol. The van der Waals surface area contributed by atoms with E-state index in [1.54, 1.807) is 49.6 Å². The molecule has 0 aliphatic carbocycles. The van der Waals surface area contributed by atoms with Crippen molar-refractivity contribution in [2.75, 3.05) is 37.4 Å². The van der Waals surface area contributed by atoms with Crippen molar-refractivity contribution in [3.63, 3.8) is 0 Å². The Kier molecular flexibility index (Phi) is 11.3. The SMILES string of the molecule is CCCCCNC(=O)Nc1ccc(Oc2cccc(NC(=O)c3ccc(-n4cc(CN5CCC(O)CC5)c5ccccc54)cc3)c2)c(OC)c1. The number of nitrogens with one attached hydrogen (secondary N) is 3. The standard InChI is InChI=1S/C40H45N5O5/c1-3-4-7-21-41-40(48)43-31-15-18-37(38(25-31)49-2)50-34-10-8-9-30(24-34)42-39(47)28-13-16-32(17-14-28)45-27-29(35-11-5-6-12-36(35)45)26-44-22-19-33(46)20-23-44/h5-6,8-18,24-25,27,33,46H,3-4,7,19-23,26H2,1-2H3,(H,42,47)(H2,41,43,48). The first-order valence-electron chi connectivity index (χ1n) is 17.3. The van der Waals surface area contributed by atoms with Crippen LogP contribution in [-0.4, -0.2) is 59.4 Å². The number of methoxy groups -OCH3 is 1. The maximum atomic E-state index is 13.3. The van der Waals surface area contributed by atoms with Crippen LogP contribution in [0.3, 0.4) is 0 Å². The Balaban J connectivity index is 1.09. The smallest absolute Gasteiger partial charge is 0.319 e. The second-order valence-electron chi connectivity index (χ2n) is 12.6. The lowest BCUT2D eigenvalue weighted by Gasteiger charge is -2.29. The Labute approximate surface area is 293 Å². The third-order valence-electron chi connectivity index (χ3n) is 8.96. The lowest BCUT2D eigenvalue weighted by molar-refractivity contribution is 0.0794. The molecule has 10 heteroatoms. The summed E-state index contributed by atoms with van der Waals surface area (Å²) >= 11 is 0. The van der Waals surface area contributed by atoms with Gasteiger partial charge in [0.1, 0.15) is 5.75 Å². The lowest BCUT2D eigenvalue weighted by Crippen LogP contribution is -2.35. The molecule has 6 rings (SSSR count). The second-order valence-corrected chi connectivity index (χ2v) is 12.6. The fraction of sp³-hybridized carbons (Fsp3) is 0.300. The summed E-state index contributed by atoms with van der Waals surface area (Å²) in [5.74, 6) is 1.20. The third kappa shape index (κ3) is 8.63. The van der Waals surface area contributed by atoms with E-state index in [0.29, 0.717) is 40.7 Å². The number of rotatable bonds is 13. The van der Waals surface area contributed by atoms with Crippen LogP contribution >= 0.6 is 0 Å². The van der Waals surface area contributed by atoms with Gasteiger partial charge in [0.15, 0.2) is 11.5 Å². The Hall–Kier alpha value is -5.32. The Bertz CT molecular complexity index is 1910. The highest BCUT2D eigenvalue weighted by Gasteiger charge is 2.19. The van der Waals surface area contributed by atoms with Gasteiger partial charge in [-0.15, -0.1) is 0 Å². The van der Waals surface area contributed by atoms with E-state index in [1.807, 2.05) is 30.3 Å². The first kappa shape index (κ1) is 34.5. The monoisotopic (exact) mass is 675 g/mol. The largest absolute Gasteiger partial charge is 0.493 e. The predicted octanol–water partition coefficient (Wildman–Crippen LogP) is 7.95. The van der Waals surface area contributed by atoms with E-state index in [2.05, 4.69) is 56.7 Å². The zero-order valence-corrected chi connectivity index (χ0v) is 28.7. The molecule has 1 aliphatic heterocycles. The van der Waals surface area contributed by atoms with Crippen molar-refractivity contribution in [1.29, 1.82) is 0 Å². The number of likely N-dealkylation sites (tertiary alicyclic amines) is 1. The van der Waals surface area contributed by atoms with E-state index >= 15 is 0 Å². The summed E-state index contributed by atoms with van der Waals surface area (Å²) in [6, 6.07) is 28.0. The number of hydrogen-bond donors (Lipinski definition) is 4. The summed E-state index contributed by atoms with van der Waals surface area (Å²) < 4.78 is 13.8. The number of aliphatic hydroxyl groups excluding tert-OH is 1. The summed E-state index contributed by atoms with van der Waals surface area (Å²) in [5, 5.41) is 19.8. The topological polar surface area (TPSA) is 117 Å². The van der Waals surface area contributed by atoms with Crippen LogP contribution in [0.15, 0.2) is 97.2 Å². The third-order valence-corrected chi connectivity index (χ3v) is 8.96. The Morgan fingerprint density at radius 2 is 1.64 bits per heavy atom. The number of amides is 3. The van der Waals surface area contributed by atoms with E-state index < -0.39 is 0 Å². The molecular formula is C40H45N5O5. The molecule has 4 aromatic carbocycles. The molecule has 2 heterocycles. The Morgan fingerprint density at radius 1 is 0.860 bits per heavy atom. The fourth-order valence-corrected chi connectivity index (χ4v) is 6.23. The average molecular weight is 676 g/mol. The number of hydrogen-bond acceptors (Lipinski definition) is 6. The number of benzene rings is 4. The van der Waals surface area contributed by atoms with Crippen LogP contribution in [-0.2, 0) is 6.54 Å². The molecule has 0 bridgehead atoms. The molecule has 0 spiro atoms. The van der Waals surface area contributed by atoms with Crippen molar-refractivity contribution in [1.82, 2.24) is 14.8 Å². The van der Waals surface area contributed by atoms with Crippen molar-refractivity contribution in [2.45, 2.75) is 51.7 Å². The normalized spacial score (nSPS) is 13.6. The minimum absolute atomic E-state index is 0.196. The van der Waals surface area contributed by atoms with Gasteiger partial charge in [-0.1, -0.05) is 44.0 Å². The first-order valence-corrected chi connectivity index (χ1v) is 17.3. The first-order chi connectivity index (χ1) is 24.4. The van der Waals surface area contributed by atoms with Gasteiger partial charge in [0.2, 0.25) is 0 Å². The lowest BCUT2D eigenvalue weighted by atomic mass is 10.1. The van der Waals surface area contributed by atoms with Crippen LogP contribution in [0.25, 0.3) is 16.6 Å². The minimum Gasteiger partial charge on any atom is -0.493 e. The zero-order chi connectivity index (χ0) is 34.9. The van der Waals surface area contributed by atoms with Crippen LogP contribution in [0.4, 0.5) is 16.2 Å². The number of para-hydroxylation sites is 1. The van der Waals surface area contributed by atoms with Gasteiger partial charge in [0.25, 0.3) is 5.91 Å². The number of nitrogens with zero attached hydrogens (tertiary/aromatic N) is 2. The quantitative estimate of drug-likeness (QED) is 0.0942. The molecule has 10 nitrogen and oxygen atoms in total. The van der Waals surface area contributed by atoms with Gasteiger partial charge in [0, 0.05) is 72.5 Å². The molecule has 1 saturated heterocycles. The fourth-order valence-electron chi connectivity index (χ4n) is 6.23. The van der Waals surface area contributed by atoms with Crippen molar-refractivity contribution >= 4 is 34.2 Å². The van der Waals surface area contributed by atoms with E-state index in [9.17, 15) is 14.7 Å². The molecule has 1 aromatic heterocycles. The number of piperidine rings is 1. The number of carbonyl (C=O) groups excluding carboxylic acids is 2. The summed E-state index contributed by atoms with van der Waals surface area (Å²) in [6.07, 6.45) is 6.70. The minimum atomic E-state index is -0.270. The van der Waals surface area contributed by atoms with E-state index in [0.717, 1.165) is 62.9 Å². The summed E-state index contributed by atoms with van der Waals surface area (Å²) in [6.45, 7) is 5.35. The van der Waals surface area contributed by atoms with Crippen molar-refractivity contribution in [3.8, 4) is 22.9 Å². The summed E-state index contributed by atoms with van der Waals surface area (Å²) in [4.78, 5) is 27.9. The van der Waals surface area contributed by atoms with Crippen LogP contribution < -0.4 is 25.4 Å². The average Bonchev–Trinajstić information content (AvgIpc) is 3.50. The van der Waals surface area contributed by atoms with Crippen LogP contribution in [0.1, 0.15) is 54.9 Å². The van der Waals surface area contributed by atoms with Gasteiger partial charge in [0.05, 0.1) is 18.7 Å². The highest BCUT2D eigenvalue weighted by molar-refractivity contribution is 6.04. The van der Waals surface area contributed by atoms with Gasteiger partial charge < -0.3 is 35.1 Å². The van der Waals surface area contributed by atoms with Gasteiger partial charge in [-0.3, -0.25) is 9.69 Å². The highest BCUT2D eigenvalue weighted by atomic mass is 16.5. The number of aliphatic hydroxyl groups is 1. The van der Waals surface area contributed by atoms with Gasteiger partial charge in [-0.2, -0.15) is 0 Å². The van der Waals surface area contributed by atoms with E-state index in [4.69, 9.17) is 9.47 Å². The summed E-state index contributed by atoms with van der Waals surface area (Å²) in [5.41, 5.74) is 5.02. The Morgan fingerprint density at radius 3 is 2.42 bits per heavy atom. The van der Waals surface area contributed by atoms with Crippen molar-refractivity contribution in [2.24, 2.45) is 0 Å². The summed E-state index contributed by atoms with van der Waals surface area (Å²) in [7, 11) is 1.54. The highest BCUT2D eigenvalue weighted by Crippen LogP contribution is 2.35. The molecule has 3 amide bonds. The van der Waals surface area contributed by atoms with Crippen molar-refractivity contribution in [3.05, 3.63) is 108 Å². The number of ether oxygens (including phenoxy) is 2. The van der Waals surface area contributed by atoms with Crippen LogP contribution in [0.5, 0.6) is 17.2 Å².